The van der Waals surface area contributed by atoms with Gasteiger partial charge in [0.25, 0.3) is 0 Å². The van der Waals surface area contributed by atoms with Gasteiger partial charge in [0, 0.05) is 6.04 Å². The molecule has 1 N–H and O–H groups in total. The molecule has 16 heavy (non-hydrogen) atoms. The van der Waals surface area contributed by atoms with Crippen molar-refractivity contribution in [3.8, 4) is 0 Å². The number of hydrogen-bond donors (Lipinski definition) is 1. The molecule has 1 amide bonds. The van der Waals surface area contributed by atoms with Crippen LogP contribution < -0.4 is 4.90 Å². The number of hydrogen-bond acceptors (Lipinski definition) is 1. The van der Waals surface area contributed by atoms with E-state index in [9.17, 15) is 9.18 Å². The van der Waals surface area contributed by atoms with Crippen molar-refractivity contribution >= 4 is 27.7 Å². The van der Waals surface area contributed by atoms with Crippen molar-refractivity contribution in [2.75, 3.05) is 4.90 Å². The van der Waals surface area contributed by atoms with Gasteiger partial charge in [-0.05, 0) is 47.5 Å². The fourth-order valence-corrected chi connectivity index (χ4v) is 1.62. The Morgan fingerprint density at radius 2 is 2.25 bits per heavy atom. The van der Waals surface area contributed by atoms with Crippen molar-refractivity contribution in [1.29, 1.82) is 0 Å². The first kappa shape index (κ1) is 13.0. The number of benzene rings is 1. The summed E-state index contributed by atoms with van der Waals surface area (Å²) in [5.41, 5.74) is 0.350. The lowest BCUT2D eigenvalue weighted by Gasteiger charge is -2.25. The van der Waals surface area contributed by atoms with Gasteiger partial charge in [-0.25, -0.2) is 9.18 Å². The highest BCUT2D eigenvalue weighted by atomic mass is 79.9. The summed E-state index contributed by atoms with van der Waals surface area (Å²) in [6, 6.07) is 4.11. The summed E-state index contributed by atoms with van der Waals surface area (Å²) in [4.78, 5) is 12.3. The van der Waals surface area contributed by atoms with Gasteiger partial charge in [-0.1, -0.05) is 6.92 Å². The Bertz CT molecular complexity index is 398. The molecule has 0 saturated heterocycles. The van der Waals surface area contributed by atoms with Crippen LogP contribution >= 0.6 is 15.9 Å². The Morgan fingerprint density at radius 3 is 2.69 bits per heavy atom. The smallest absolute Gasteiger partial charge is 0.412 e. The Kier molecular flexibility index (Phi) is 4.29. The number of rotatable bonds is 3. The number of amides is 1. The summed E-state index contributed by atoms with van der Waals surface area (Å²) in [5, 5.41) is 9.08. The third kappa shape index (κ3) is 2.72. The molecule has 1 aromatic carbocycles. The highest BCUT2D eigenvalue weighted by Crippen LogP contribution is 2.24. The normalized spacial score (nSPS) is 12.2. The molecule has 1 aromatic rings. The molecule has 0 aliphatic heterocycles. The lowest BCUT2D eigenvalue weighted by Crippen LogP contribution is -2.37. The third-order valence-electron chi connectivity index (χ3n) is 2.42. The average Bonchev–Trinajstić information content (AvgIpc) is 2.22. The monoisotopic (exact) mass is 289 g/mol. The van der Waals surface area contributed by atoms with Crippen LogP contribution in [0, 0.1) is 5.82 Å². The van der Waals surface area contributed by atoms with E-state index in [0.29, 0.717) is 16.6 Å². The molecule has 1 unspecified atom stereocenters. The van der Waals surface area contributed by atoms with Crippen molar-refractivity contribution in [2.45, 2.75) is 26.3 Å². The minimum absolute atomic E-state index is 0.182. The fraction of sp³-hybridized carbons (Fsp3) is 0.364. The van der Waals surface area contributed by atoms with Gasteiger partial charge < -0.3 is 5.11 Å². The van der Waals surface area contributed by atoms with Crippen molar-refractivity contribution < 1.29 is 14.3 Å². The number of anilines is 1. The van der Waals surface area contributed by atoms with Crippen molar-refractivity contribution in [3.05, 3.63) is 28.5 Å². The Balaban J connectivity index is 3.11. The Morgan fingerprint density at radius 1 is 1.62 bits per heavy atom. The molecule has 5 heteroatoms. The van der Waals surface area contributed by atoms with Crippen LogP contribution in [0.15, 0.2) is 22.7 Å². The maximum Gasteiger partial charge on any atom is 0.412 e. The van der Waals surface area contributed by atoms with E-state index in [-0.39, 0.29) is 6.04 Å². The van der Waals surface area contributed by atoms with E-state index in [2.05, 4.69) is 15.9 Å². The molecule has 1 atom stereocenters. The van der Waals surface area contributed by atoms with Gasteiger partial charge in [-0.3, -0.25) is 4.90 Å². The zero-order chi connectivity index (χ0) is 12.3. The Labute approximate surface area is 102 Å². The molecular weight excluding hydrogens is 277 g/mol. The molecule has 0 aliphatic carbocycles. The molecule has 3 nitrogen and oxygen atoms in total. The largest absolute Gasteiger partial charge is 0.465 e. The first-order chi connectivity index (χ1) is 7.47. The van der Waals surface area contributed by atoms with Gasteiger partial charge in [0.15, 0.2) is 0 Å². The Hall–Kier alpha value is -1.10. The summed E-state index contributed by atoms with van der Waals surface area (Å²) >= 11 is 3.03. The van der Waals surface area contributed by atoms with Crippen LogP contribution in [0.3, 0.4) is 0 Å². The molecule has 0 spiro atoms. The van der Waals surface area contributed by atoms with E-state index in [1.54, 1.807) is 13.0 Å². The molecule has 0 bridgehead atoms. The number of halogens is 2. The lowest BCUT2D eigenvalue weighted by molar-refractivity contribution is 0.199. The van der Waals surface area contributed by atoms with Crippen LogP contribution in [0.2, 0.25) is 0 Å². The van der Waals surface area contributed by atoms with Crippen LogP contribution in [0.1, 0.15) is 20.3 Å². The zero-order valence-electron chi connectivity index (χ0n) is 9.08. The van der Waals surface area contributed by atoms with E-state index in [1.807, 2.05) is 6.92 Å². The fourth-order valence-electron chi connectivity index (χ4n) is 1.37. The summed E-state index contributed by atoms with van der Waals surface area (Å²) in [5.74, 6) is -0.466. The molecule has 0 fully saturated rings. The summed E-state index contributed by atoms with van der Waals surface area (Å²) in [6.45, 7) is 3.67. The van der Waals surface area contributed by atoms with Crippen LogP contribution in [-0.4, -0.2) is 17.2 Å². The minimum atomic E-state index is -1.07. The molecular formula is C11H13BrFNO2. The molecule has 0 saturated carbocycles. The van der Waals surface area contributed by atoms with Gasteiger partial charge in [-0.2, -0.15) is 0 Å². The zero-order valence-corrected chi connectivity index (χ0v) is 10.7. The van der Waals surface area contributed by atoms with Crippen LogP contribution in [-0.2, 0) is 0 Å². The summed E-state index contributed by atoms with van der Waals surface area (Å²) in [6.07, 6.45) is -0.402. The van der Waals surface area contributed by atoms with Crippen LogP contribution in [0.5, 0.6) is 0 Å². The van der Waals surface area contributed by atoms with E-state index in [4.69, 9.17) is 5.11 Å². The predicted octanol–water partition coefficient (Wildman–Crippen LogP) is 3.87. The maximum atomic E-state index is 13.3. The highest BCUT2D eigenvalue weighted by molar-refractivity contribution is 9.10. The van der Waals surface area contributed by atoms with E-state index in [0.717, 1.165) is 4.90 Å². The first-order valence-electron chi connectivity index (χ1n) is 4.94. The van der Waals surface area contributed by atoms with E-state index in [1.165, 1.54) is 12.1 Å². The minimum Gasteiger partial charge on any atom is -0.465 e. The molecule has 88 valence electrons. The molecule has 0 heterocycles. The summed E-state index contributed by atoms with van der Waals surface area (Å²) in [7, 11) is 0. The molecule has 1 rings (SSSR count). The highest BCUT2D eigenvalue weighted by Gasteiger charge is 2.20. The second-order valence-corrected chi connectivity index (χ2v) is 4.36. The predicted molar refractivity (Wildman–Crippen MR) is 64.4 cm³/mol. The van der Waals surface area contributed by atoms with Gasteiger partial charge in [0.1, 0.15) is 5.82 Å². The third-order valence-corrected chi connectivity index (χ3v) is 3.06. The van der Waals surface area contributed by atoms with Gasteiger partial charge in [-0.15, -0.1) is 0 Å². The second-order valence-electron chi connectivity index (χ2n) is 3.51. The lowest BCUT2D eigenvalue weighted by atomic mass is 10.2. The quantitative estimate of drug-likeness (QED) is 0.918. The van der Waals surface area contributed by atoms with Crippen molar-refractivity contribution in [2.24, 2.45) is 0 Å². The first-order valence-corrected chi connectivity index (χ1v) is 5.73. The van der Waals surface area contributed by atoms with E-state index < -0.39 is 11.9 Å². The number of carbonyl (C=O) groups is 1. The van der Waals surface area contributed by atoms with Crippen LogP contribution in [0.4, 0.5) is 14.9 Å². The number of nitrogens with zero attached hydrogens (tertiary/aromatic N) is 1. The summed E-state index contributed by atoms with van der Waals surface area (Å²) < 4.78 is 13.6. The average molecular weight is 290 g/mol. The van der Waals surface area contributed by atoms with Crippen LogP contribution in [0.25, 0.3) is 0 Å². The van der Waals surface area contributed by atoms with Crippen molar-refractivity contribution in [1.82, 2.24) is 0 Å². The SMILES string of the molecule is CCC(C)N(C(=O)O)c1ccc(Br)c(F)c1. The van der Waals surface area contributed by atoms with E-state index >= 15 is 0 Å². The topological polar surface area (TPSA) is 40.5 Å². The second kappa shape index (κ2) is 5.30. The number of carboxylic acid groups (broad SMARTS) is 1. The standard InChI is InChI=1S/C11H13BrFNO2/c1-3-7(2)14(11(15)16)8-4-5-9(12)10(13)6-8/h4-7H,3H2,1-2H3,(H,15,16). The molecule has 0 aromatic heterocycles. The maximum absolute atomic E-state index is 13.3. The molecule has 0 radical (unpaired) electrons. The van der Waals surface area contributed by atoms with Gasteiger partial charge >= 0.3 is 6.09 Å². The molecule has 0 aliphatic rings. The van der Waals surface area contributed by atoms with Gasteiger partial charge in [0.2, 0.25) is 0 Å². The van der Waals surface area contributed by atoms with Gasteiger partial charge in [0.05, 0.1) is 10.2 Å². The van der Waals surface area contributed by atoms with Crippen molar-refractivity contribution in [3.63, 3.8) is 0 Å².